The Morgan fingerprint density at radius 3 is 2.44 bits per heavy atom. The van der Waals surface area contributed by atoms with Crippen molar-refractivity contribution in [1.29, 1.82) is 0 Å². The van der Waals surface area contributed by atoms with Gasteiger partial charge >= 0.3 is 0 Å². The summed E-state index contributed by atoms with van der Waals surface area (Å²) in [6.45, 7) is 6.14. The minimum absolute atomic E-state index is 0. The van der Waals surface area contributed by atoms with E-state index in [1.165, 1.54) is 10.5 Å². The van der Waals surface area contributed by atoms with Crippen LogP contribution in [-0.2, 0) is 5.75 Å². The molecule has 146 valence electrons. The minimum Gasteiger partial charge on any atom is -0.352 e. The Bertz CT molecular complexity index is 676. The van der Waals surface area contributed by atoms with Gasteiger partial charge in [-0.2, -0.15) is 0 Å². The normalized spacial score (nSPS) is 14.4. The summed E-state index contributed by atoms with van der Waals surface area (Å²) in [5.74, 6) is 0.934. The van der Waals surface area contributed by atoms with Crippen LogP contribution in [0.4, 0.5) is 0 Å². The summed E-state index contributed by atoms with van der Waals surface area (Å²) in [7, 11) is 0. The first kappa shape index (κ1) is 21.8. The van der Waals surface area contributed by atoms with E-state index in [4.69, 9.17) is 0 Å². The second-order valence-electron chi connectivity index (χ2n) is 6.50. The molecule has 1 aliphatic rings. The molecule has 2 N–H and O–H groups in total. The fourth-order valence-electron chi connectivity index (χ4n) is 2.98. The lowest BCUT2D eigenvalue weighted by Gasteiger charge is -2.27. The molecular formula is C21H28ClN3OS. The number of hydrogen-bond acceptors (Lipinski definition) is 4. The van der Waals surface area contributed by atoms with E-state index in [0.717, 1.165) is 57.0 Å². The van der Waals surface area contributed by atoms with Crippen molar-refractivity contribution in [3.8, 4) is 0 Å². The number of halogens is 1. The average Bonchev–Trinajstić information content (AvgIpc) is 2.71. The molecule has 0 spiro atoms. The van der Waals surface area contributed by atoms with Gasteiger partial charge in [0.25, 0.3) is 5.91 Å². The summed E-state index contributed by atoms with van der Waals surface area (Å²) < 4.78 is 0. The second kappa shape index (κ2) is 12.0. The van der Waals surface area contributed by atoms with Crippen LogP contribution in [-0.4, -0.2) is 50.1 Å². The van der Waals surface area contributed by atoms with Crippen molar-refractivity contribution in [2.24, 2.45) is 0 Å². The quantitative estimate of drug-likeness (QED) is 0.521. The van der Waals surface area contributed by atoms with Crippen molar-refractivity contribution >= 4 is 30.1 Å². The van der Waals surface area contributed by atoms with Gasteiger partial charge in [-0.3, -0.25) is 4.79 Å². The summed E-state index contributed by atoms with van der Waals surface area (Å²) in [5.41, 5.74) is 1.97. The Morgan fingerprint density at radius 1 is 1.04 bits per heavy atom. The molecule has 0 unspecified atom stereocenters. The lowest BCUT2D eigenvalue weighted by Crippen LogP contribution is -2.44. The second-order valence-corrected chi connectivity index (χ2v) is 7.55. The zero-order valence-corrected chi connectivity index (χ0v) is 17.2. The van der Waals surface area contributed by atoms with Crippen LogP contribution in [0.1, 0.15) is 22.3 Å². The number of nitrogens with zero attached hydrogens (tertiary/aromatic N) is 1. The van der Waals surface area contributed by atoms with Crippen LogP contribution in [0.3, 0.4) is 0 Å². The van der Waals surface area contributed by atoms with Gasteiger partial charge in [0.05, 0.1) is 0 Å². The van der Waals surface area contributed by atoms with Crippen molar-refractivity contribution in [3.05, 3.63) is 65.7 Å². The number of rotatable bonds is 8. The van der Waals surface area contributed by atoms with Crippen molar-refractivity contribution < 1.29 is 4.79 Å². The predicted octanol–water partition coefficient (Wildman–Crippen LogP) is 3.43. The molecule has 2 aromatic carbocycles. The van der Waals surface area contributed by atoms with E-state index in [-0.39, 0.29) is 18.3 Å². The lowest BCUT2D eigenvalue weighted by molar-refractivity contribution is 0.0951. The summed E-state index contributed by atoms with van der Waals surface area (Å²) in [4.78, 5) is 16.0. The highest BCUT2D eigenvalue weighted by atomic mass is 35.5. The van der Waals surface area contributed by atoms with Gasteiger partial charge in [-0.25, -0.2) is 0 Å². The Hall–Kier alpha value is -1.53. The number of carbonyl (C=O) groups is 1. The van der Waals surface area contributed by atoms with E-state index in [0.29, 0.717) is 0 Å². The first-order valence-corrected chi connectivity index (χ1v) is 10.3. The fraction of sp³-hybridized carbons (Fsp3) is 0.381. The molecule has 1 heterocycles. The van der Waals surface area contributed by atoms with E-state index < -0.39 is 0 Å². The third kappa shape index (κ3) is 7.54. The maximum atomic E-state index is 12.2. The molecule has 1 aliphatic heterocycles. The van der Waals surface area contributed by atoms with E-state index in [1.54, 1.807) is 0 Å². The van der Waals surface area contributed by atoms with Crippen LogP contribution in [0.15, 0.2) is 59.5 Å². The number of piperazine rings is 1. The third-order valence-electron chi connectivity index (χ3n) is 4.51. The summed E-state index contributed by atoms with van der Waals surface area (Å²) >= 11 is 1.81. The summed E-state index contributed by atoms with van der Waals surface area (Å²) in [6, 6.07) is 18.3. The number of nitrogens with one attached hydrogen (secondary N) is 2. The van der Waals surface area contributed by atoms with Gasteiger partial charge in [0, 0.05) is 48.9 Å². The molecule has 27 heavy (non-hydrogen) atoms. The smallest absolute Gasteiger partial charge is 0.251 e. The molecule has 0 aliphatic carbocycles. The number of benzene rings is 2. The predicted molar refractivity (Wildman–Crippen MR) is 116 cm³/mol. The van der Waals surface area contributed by atoms with Crippen LogP contribution < -0.4 is 10.6 Å². The van der Waals surface area contributed by atoms with Crippen molar-refractivity contribution in [2.75, 3.05) is 39.3 Å². The Morgan fingerprint density at radius 2 is 1.74 bits per heavy atom. The fourth-order valence-corrected chi connectivity index (χ4v) is 3.85. The molecule has 6 heteroatoms. The summed E-state index contributed by atoms with van der Waals surface area (Å²) in [6.07, 6.45) is 0.998. The molecule has 3 rings (SSSR count). The zero-order valence-electron chi connectivity index (χ0n) is 15.5. The number of carbonyl (C=O) groups excluding carboxylic acids is 1. The van der Waals surface area contributed by atoms with E-state index in [9.17, 15) is 4.79 Å². The highest BCUT2D eigenvalue weighted by Crippen LogP contribution is 2.22. The van der Waals surface area contributed by atoms with Crippen molar-refractivity contribution in [2.45, 2.75) is 17.1 Å². The molecule has 1 saturated heterocycles. The SMILES string of the molecule is Cl.O=C(NCCCN1CCNCC1)c1ccc(CSc2ccccc2)cc1. The van der Waals surface area contributed by atoms with Crippen LogP contribution in [0.2, 0.25) is 0 Å². The molecule has 1 fully saturated rings. The maximum absolute atomic E-state index is 12.2. The molecule has 0 aromatic heterocycles. The Labute approximate surface area is 172 Å². The van der Waals surface area contributed by atoms with Gasteiger partial charge in [0.15, 0.2) is 0 Å². The molecule has 0 bridgehead atoms. The van der Waals surface area contributed by atoms with Gasteiger partial charge in [-0.1, -0.05) is 30.3 Å². The molecule has 4 nitrogen and oxygen atoms in total. The van der Waals surface area contributed by atoms with E-state index in [2.05, 4.69) is 39.8 Å². The molecule has 0 radical (unpaired) electrons. The van der Waals surface area contributed by atoms with Gasteiger partial charge in [-0.05, 0) is 42.8 Å². The molecular weight excluding hydrogens is 378 g/mol. The molecule has 1 amide bonds. The Balaban J connectivity index is 0.00000261. The van der Waals surface area contributed by atoms with Gasteiger partial charge in [0.2, 0.25) is 0 Å². The largest absolute Gasteiger partial charge is 0.352 e. The van der Waals surface area contributed by atoms with Crippen LogP contribution in [0.25, 0.3) is 0 Å². The number of thioether (sulfide) groups is 1. The first-order valence-electron chi connectivity index (χ1n) is 9.29. The van der Waals surface area contributed by atoms with E-state index in [1.807, 2.05) is 42.1 Å². The monoisotopic (exact) mass is 405 g/mol. The van der Waals surface area contributed by atoms with Gasteiger partial charge in [-0.15, -0.1) is 24.2 Å². The van der Waals surface area contributed by atoms with Crippen LogP contribution in [0, 0.1) is 0 Å². The maximum Gasteiger partial charge on any atom is 0.251 e. The number of hydrogen-bond donors (Lipinski definition) is 2. The van der Waals surface area contributed by atoms with Crippen molar-refractivity contribution in [3.63, 3.8) is 0 Å². The van der Waals surface area contributed by atoms with Crippen molar-refractivity contribution in [1.82, 2.24) is 15.5 Å². The third-order valence-corrected chi connectivity index (χ3v) is 5.59. The first-order chi connectivity index (χ1) is 12.8. The molecule has 2 aromatic rings. The standard InChI is InChI=1S/C21H27N3OS.ClH/c25-21(23-11-4-14-24-15-12-22-13-16-24)19-9-7-18(8-10-19)17-26-20-5-2-1-3-6-20;/h1-3,5-10,22H,4,11-17H2,(H,23,25);1H. The van der Waals surface area contributed by atoms with Crippen LogP contribution in [0.5, 0.6) is 0 Å². The molecule has 0 saturated carbocycles. The topological polar surface area (TPSA) is 44.4 Å². The van der Waals surface area contributed by atoms with Gasteiger partial charge < -0.3 is 15.5 Å². The van der Waals surface area contributed by atoms with E-state index >= 15 is 0 Å². The zero-order chi connectivity index (χ0) is 18.0. The Kier molecular flexibility index (Phi) is 9.70. The lowest BCUT2D eigenvalue weighted by atomic mass is 10.1. The highest BCUT2D eigenvalue weighted by Gasteiger charge is 2.09. The summed E-state index contributed by atoms with van der Waals surface area (Å²) in [5, 5.41) is 6.38. The minimum atomic E-state index is 0. The molecule has 0 atom stereocenters. The van der Waals surface area contributed by atoms with Crippen LogP contribution >= 0.6 is 24.2 Å². The highest BCUT2D eigenvalue weighted by molar-refractivity contribution is 7.98. The number of amides is 1. The average molecular weight is 406 g/mol. The van der Waals surface area contributed by atoms with Gasteiger partial charge in [0.1, 0.15) is 0 Å².